The van der Waals surface area contributed by atoms with E-state index in [1.165, 1.54) is 12.1 Å². The summed E-state index contributed by atoms with van der Waals surface area (Å²) in [6.45, 7) is 2.86. The Bertz CT molecular complexity index is 864. The van der Waals surface area contributed by atoms with Gasteiger partial charge in [-0.1, -0.05) is 17.7 Å². The van der Waals surface area contributed by atoms with E-state index in [1.54, 1.807) is 12.3 Å². The Morgan fingerprint density at radius 3 is 2.61 bits per heavy atom. The standard InChI is InChI=1S/C19H17ClF3N3O2/c20-16-4-1-13(11-15(16)19(21,22)23)2-6-18(27)25-17-5-3-14(12-24-17)26-7-9-28-10-8-26/h1-6,11-12H,7-10H2,(H,24,25,27). The van der Waals surface area contributed by atoms with E-state index < -0.39 is 22.7 Å². The smallest absolute Gasteiger partial charge is 0.378 e. The van der Waals surface area contributed by atoms with Crippen molar-refractivity contribution in [1.82, 2.24) is 4.98 Å². The highest BCUT2D eigenvalue weighted by Crippen LogP contribution is 2.35. The third kappa shape index (κ3) is 5.24. The summed E-state index contributed by atoms with van der Waals surface area (Å²) in [6.07, 6.45) is -0.487. The van der Waals surface area contributed by atoms with Crippen LogP contribution < -0.4 is 10.2 Å². The van der Waals surface area contributed by atoms with E-state index in [0.29, 0.717) is 19.0 Å². The number of carbonyl (C=O) groups is 1. The predicted octanol–water partition coefficient (Wildman–Crippen LogP) is 4.24. The lowest BCUT2D eigenvalue weighted by Gasteiger charge is -2.28. The van der Waals surface area contributed by atoms with E-state index in [-0.39, 0.29) is 5.56 Å². The van der Waals surface area contributed by atoms with Gasteiger partial charge in [0, 0.05) is 19.2 Å². The van der Waals surface area contributed by atoms with Gasteiger partial charge in [0.25, 0.3) is 0 Å². The summed E-state index contributed by atoms with van der Waals surface area (Å²) in [7, 11) is 0. The molecule has 28 heavy (non-hydrogen) atoms. The molecule has 9 heteroatoms. The van der Waals surface area contributed by atoms with Gasteiger partial charge in [0.05, 0.1) is 35.7 Å². The van der Waals surface area contributed by atoms with Crippen LogP contribution in [0.25, 0.3) is 6.08 Å². The van der Waals surface area contributed by atoms with Gasteiger partial charge in [0.2, 0.25) is 5.91 Å². The summed E-state index contributed by atoms with van der Waals surface area (Å²) < 4.78 is 43.9. The molecule has 0 aliphatic carbocycles. The van der Waals surface area contributed by atoms with Crippen LogP contribution in [0.1, 0.15) is 11.1 Å². The molecule has 1 aliphatic rings. The van der Waals surface area contributed by atoms with E-state index in [2.05, 4.69) is 15.2 Å². The summed E-state index contributed by atoms with van der Waals surface area (Å²) in [5, 5.41) is 2.18. The highest BCUT2D eigenvalue weighted by molar-refractivity contribution is 6.31. The van der Waals surface area contributed by atoms with Crippen LogP contribution in [0.2, 0.25) is 5.02 Å². The van der Waals surface area contributed by atoms with Crippen molar-refractivity contribution in [3.05, 3.63) is 58.8 Å². The molecule has 0 unspecified atom stereocenters. The van der Waals surface area contributed by atoms with E-state index in [4.69, 9.17) is 16.3 Å². The molecule has 0 bridgehead atoms. The molecule has 1 aliphatic heterocycles. The Morgan fingerprint density at radius 1 is 1.21 bits per heavy atom. The number of hydrogen-bond acceptors (Lipinski definition) is 4. The van der Waals surface area contributed by atoms with Crippen LogP contribution in [0.4, 0.5) is 24.7 Å². The van der Waals surface area contributed by atoms with Gasteiger partial charge in [0.15, 0.2) is 0 Å². The number of pyridine rings is 1. The lowest BCUT2D eigenvalue weighted by atomic mass is 10.1. The summed E-state index contributed by atoms with van der Waals surface area (Å²) in [4.78, 5) is 18.3. The van der Waals surface area contributed by atoms with Crippen LogP contribution >= 0.6 is 11.6 Å². The van der Waals surface area contributed by atoms with Gasteiger partial charge >= 0.3 is 6.18 Å². The molecular formula is C19H17ClF3N3O2. The number of hydrogen-bond donors (Lipinski definition) is 1. The zero-order valence-electron chi connectivity index (χ0n) is 14.7. The average Bonchev–Trinajstić information content (AvgIpc) is 2.68. The maximum absolute atomic E-state index is 12.9. The molecule has 1 fully saturated rings. The first kappa shape index (κ1) is 20.2. The molecule has 5 nitrogen and oxygen atoms in total. The van der Waals surface area contributed by atoms with Crippen molar-refractivity contribution in [2.75, 3.05) is 36.5 Å². The molecule has 2 aromatic rings. The topological polar surface area (TPSA) is 54.5 Å². The van der Waals surface area contributed by atoms with Gasteiger partial charge in [-0.3, -0.25) is 4.79 Å². The second-order valence-electron chi connectivity index (χ2n) is 6.06. The summed E-state index contributed by atoms with van der Waals surface area (Å²) >= 11 is 5.58. The van der Waals surface area contributed by atoms with Crippen LogP contribution in [-0.4, -0.2) is 37.2 Å². The quantitative estimate of drug-likeness (QED) is 0.764. The number of benzene rings is 1. The first-order valence-corrected chi connectivity index (χ1v) is 8.85. The van der Waals surface area contributed by atoms with Gasteiger partial charge in [-0.05, 0) is 35.9 Å². The first-order valence-electron chi connectivity index (χ1n) is 8.47. The third-order valence-electron chi connectivity index (χ3n) is 4.10. The predicted molar refractivity (Wildman–Crippen MR) is 101 cm³/mol. The number of halogens is 4. The summed E-state index contributed by atoms with van der Waals surface area (Å²) in [5.41, 5.74) is 0.192. The van der Waals surface area contributed by atoms with Crippen molar-refractivity contribution in [1.29, 1.82) is 0 Å². The largest absolute Gasteiger partial charge is 0.417 e. The minimum atomic E-state index is -4.56. The monoisotopic (exact) mass is 411 g/mol. The third-order valence-corrected chi connectivity index (χ3v) is 4.43. The van der Waals surface area contributed by atoms with Crippen molar-refractivity contribution in [2.45, 2.75) is 6.18 Å². The van der Waals surface area contributed by atoms with Gasteiger partial charge in [-0.2, -0.15) is 13.2 Å². The lowest BCUT2D eigenvalue weighted by molar-refractivity contribution is -0.137. The van der Waals surface area contributed by atoms with Crippen molar-refractivity contribution >= 4 is 35.1 Å². The molecule has 1 N–H and O–H groups in total. The van der Waals surface area contributed by atoms with E-state index >= 15 is 0 Å². The van der Waals surface area contributed by atoms with Gasteiger partial charge in [-0.15, -0.1) is 0 Å². The molecule has 1 saturated heterocycles. The zero-order valence-corrected chi connectivity index (χ0v) is 15.4. The minimum Gasteiger partial charge on any atom is -0.378 e. The van der Waals surface area contributed by atoms with E-state index in [1.807, 2.05) is 6.07 Å². The van der Waals surface area contributed by atoms with Crippen LogP contribution in [0.3, 0.4) is 0 Å². The maximum Gasteiger partial charge on any atom is 0.417 e. The first-order chi connectivity index (χ1) is 13.3. The van der Waals surface area contributed by atoms with Crippen molar-refractivity contribution in [3.8, 4) is 0 Å². The molecule has 1 aromatic carbocycles. The number of aromatic nitrogens is 1. The number of nitrogens with zero attached hydrogens (tertiary/aromatic N) is 2. The number of ether oxygens (including phenoxy) is 1. The van der Waals surface area contributed by atoms with E-state index in [9.17, 15) is 18.0 Å². The molecule has 1 amide bonds. The number of nitrogens with one attached hydrogen (secondary N) is 1. The van der Waals surface area contributed by atoms with Crippen molar-refractivity contribution in [3.63, 3.8) is 0 Å². The Balaban J connectivity index is 1.62. The number of anilines is 2. The Morgan fingerprint density at radius 2 is 1.96 bits per heavy atom. The molecule has 0 spiro atoms. The molecule has 2 heterocycles. The van der Waals surface area contributed by atoms with Crippen molar-refractivity contribution < 1.29 is 22.7 Å². The molecule has 3 rings (SSSR count). The molecule has 1 aromatic heterocycles. The highest BCUT2D eigenvalue weighted by Gasteiger charge is 2.33. The number of amides is 1. The fraction of sp³-hybridized carbons (Fsp3) is 0.263. The van der Waals surface area contributed by atoms with Crippen molar-refractivity contribution in [2.24, 2.45) is 0 Å². The fourth-order valence-corrected chi connectivity index (χ4v) is 2.90. The zero-order chi connectivity index (χ0) is 20.1. The second kappa shape index (κ2) is 8.62. The number of alkyl halides is 3. The molecule has 0 radical (unpaired) electrons. The van der Waals surface area contributed by atoms with Crippen LogP contribution in [-0.2, 0) is 15.7 Å². The summed E-state index contributed by atoms with van der Waals surface area (Å²) in [5.74, 6) is -0.158. The van der Waals surface area contributed by atoms with Crippen LogP contribution in [0.5, 0.6) is 0 Å². The minimum absolute atomic E-state index is 0.211. The molecule has 0 saturated carbocycles. The molecule has 0 atom stereocenters. The Labute approximate surface area is 164 Å². The van der Waals surface area contributed by atoms with Crippen LogP contribution in [0.15, 0.2) is 42.6 Å². The highest BCUT2D eigenvalue weighted by atomic mass is 35.5. The Kier molecular flexibility index (Phi) is 6.21. The number of rotatable bonds is 4. The average molecular weight is 412 g/mol. The van der Waals surface area contributed by atoms with E-state index in [0.717, 1.165) is 37.0 Å². The van der Waals surface area contributed by atoms with Gasteiger partial charge in [-0.25, -0.2) is 4.98 Å². The van der Waals surface area contributed by atoms with Gasteiger partial charge in [0.1, 0.15) is 5.82 Å². The normalized spacial score (nSPS) is 15.1. The van der Waals surface area contributed by atoms with Gasteiger partial charge < -0.3 is 15.0 Å². The molecule has 148 valence electrons. The maximum atomic E-state index is 12.9. The Hall–Kier alpha value is -2.58. The second-order valence-corrected chi connectivity index (χ2v) is 6.47. The van der Waals surface area contributed by atoms with Crippen LogP contribution in [0, 0.1) is 0 Å². The number of morpholine rings is 1. The summed E-state index contributed by atoms with van der Waals surface area (Å²) in [6, 6.07) is 6.94. The number of carbonyl (C=O) groups excluding carboxylic acids is 1. The fourth-order valence-electron chi connectivity index (χ4n) is 2.67. The lowest BCUT2D eigenvalue weighted by Crippen LogP contribution is -2.36. The molecular weight excluding hydrogens is 395 g/mol. The SMILES string of the molecule is O=C(C=Cc1ccc(Cl)c(C(F)(F)F)c1)Nc1ccc(N2CCOCC2)cn1.